The zero-order chi connectivity index (χ0) is 39.3. The Labute approximate surface area is 347 Å². The van der Waals surface area contributed by atoms with Crippen molar-refractivity contribution in [2.24, 2.45) is 0 Å². The van der Waals surface area contributed by atoms with E-state index in [-0.39, 0.29) is 0 Å². The lowest BCUT2D eigenvalue weighted by Gasteiger charge is -2.21. The summed E-state index contributed by atoms with van der Waals surface area (Å²) >= 11 is 0. The molecule has 0 amide bonds. The summed E-state index contributed by atoms with van der Waals surface area (Å²) in [5.41, 5.74) is 7.48. The third-order valence-electron chi connectivity index (χ3n) is 13.1. The lowest BCUT2D eigenvalue weighted by Crippen LogP contribution is -1.93. The normalized spacial score (nSPS) is 12.0. The fourth-order valence-corrected chi connectivity index (χ4v) is 10.3. The van der Waals surface area contributed by atoms with Crippen LogP contribution in [0.4, 0.5) is 0 Å². The maximum absolute atomic E-state index is 2.46. The Morgan fingerprint density at radius 3 is 1.12 bits per heavy atom. The summed E-state index contributed by atoms with van der Waals surface area (Å²) in [5, 5.41) is 22.8. The molecular weight excluding hydrogens is 721 g/mol. The molecule has 0 aromatic heterocycles. The quantitative estimate of drug-likeness (QED) is 0.124. The van der Waals surface area contributed by atoms with E-state index >= 15 is 0 Å². The monoisotopic (exact) mass is 756 g/mol. The molecule has 0 bridgehead atoms. The van der Waals surface area contributed by atoms with E-state index in [1.54, 1.807) is 0 Å². The maximum atomic E-state index is 2.46. The minimum Gasteiger partial charge on any atom is -0.0616 e. The average molecular weight is 757 g/mol. The highest BCUT2D eigenvalue weighted by atomic mass is 14.2. The third-order valence-corrected chi connectivity index (χ3v) is 13.1. The topological polar surface area (TPSA) is 0 Å². The van der Waals surface area contributed by atoms with Gasteiger partial charge in [-0.15, -0.1) is 0 Å². The minimum atomic E-state index is 1.21. The fraction of sp³-hybridized carbons (Fsp3) is 0. The summed E-state index contributed by atoms with van der Waals surface area (Å²) in [4.78, 5) is 0. The fourth-order valence-electron chi connectivity index (χ4n) is 10.3. The van der Waals surface area contributed by atoms with Crippen molar-refractivity contribution in [3.05, 3.63) is 218 Å². The number of hydrogen-bond acceptors (Lipinski definition) is 0. The van der Waals surface area contributed by atoms with Crippen molar-refractivity contribution in [1.29, 1.82) is 0 Å². The summed E-state index contributed by atoms with van der Waals surface area (Å²) in [5.74, 6) is 0. The number of hydrogen-bond donors (Lipinski definition) is 0. The van der Waals surface area contributed by atoms with E-state index in [4.69, 9.17) is 0 Å². The van der Waals surface area contributed by atoms with Crippen LogP contribution in [0.2, 0.25) is 0 Å². The first-order valence-electron chi connectivity index (χ1n) is 20.9. The lowest BCUT2D eigenvalue weighted by atomic mass is 9.82. The molecule has 0 spiro atoms. The Morgan fingerprint density at radius 1 is 0.167 bits per heavy atom. The van der Waals surface area contributed by atoms with Gasteiger partial charge in [0.1, 0.15) is 0 Å². The molecule has 0 N–H and O–H groups in total. The van der Waals surface area contributed by atoms with Crippen LogP contribution in [0.5, 0.6) is 0 Å². The van der Waals surface area contributed by atoms with E-state index in [2.05, 4.69) is 218 Å². The van der Waals surface area contributed by atoms with E-state index in [0.29, 0.717) is 0 Å². The Morgan fingerprint density at radius 2 is 0.550 bits per heavy atom. The molecule has 0 unspecified atom stereocenters. The third kappa shape index (κ3) is 4.98. The largest absolute Gasteiger partial charge is 0.0616 e. The summed E-state index contributed by atoms with van der Waals surface area (Å²) < 4.78 is 0. The molecule has 0 saturated carbocycles. The van der Waals surface area contributed by atoms with Gasteiger partial charge in [-0.3, -0.25) is 0 Å². The summed E-state index contributed by atoms with van der Waals surface area (Å²) in [6.07, 6.45) is 0. The van der Waals surface area contributed by atoms with Gasteiger partial charge in [-0.1, -0.05) is 182 Å². The van der Waals surface area contributed by atoms with Gasteiger partial charge in [0.2, 0.25) is 0 Å². The molecule has 13 aromatic carbocycles. The molecule has 0 fully saturated rings. The van der Waals surface area contributed by atoms with E-state index < -0.39 is 0 Å². The Balaban J connectivity index is 1.15. The van der Waals surface area contributed by atoms with E-state index in [1.807, 2.05) is 0 Å². The van der Waals surface area contributed by atoms with Gasteiger partial charge in [0.15, 0.2) is 0 Å². The molecule has 0 atom stereocenters. The second-order valence-electron chi connectivity index (χ2n) is 16.4. The van der Waals surface area contributed by atoms with Crippen LogP contribution in [-0.2, 0) is 0 Å². The van der Waals surface area contributed by atoms with Crippen molar-refractivity contribution in [2.45, 2.75) is 0 Å². The molecule has 0 radical (unpaired) electrons. The number of rotatable bonds is 3. The summed E-state index contributed by atoms with van der Waals surface area (Å²) in [7, 11) is 0. The van der Waals surface area contributed by atoms with Crippen molar-refractivity contribution in [3.63, 3.8) is 0 Å². The lowest BCUT2D eigenvalue weighted by molar-refractivity contribution is 1.66. The predicted molar refractivity (Wildman–Crippen MR) is 260 cm³/mol. The van der Waals surface area contributed by atoms with Crippen molar-refractivity contribution < 1.29 is 0 Å². The molecule has 0 aliphatic carbocycles. The maximum Gasteiger partial charge on any atom is -0.00199 e. The molecule has 0 aliphatic heterocycles. The van der Waals surface area contributed by atoms with Crippen LogP contribution in [0, 0.1) is 0 Å². The van der Waals surface area contributed by atoms with Crippen molar-refractivity contribution >= 4 is 97.0 Å². The summed E-state index contributed by atoms with van der Waals surface area (Å²) in [6, 6.07) is 81.8. The highest BCUT2D eigenvalue weighted by molar-refractivity contribution is 6.28. The average Bonchev–Trinajstić information content (AvgIpc) is 3.31. The number of benzene rings is 13. The highest BCUT2D eigenvalue weighted by Crippen LogP contribution is 2.49. The molecule has 0 heterocycles. The van der Waals surface area contributed by atoms with Crippen LogP contribution in [0.15, 0.2) is 218 Å². The van der Waals surface area contributed by atoms with Crippen LogP contribution < -0.4 is 0 Å². The second-order valence-corrected chi connectivity index (χ2v) is 16.4. The Bertz CT molecular complexity index is 3940. The predicted octanol–water partition coefficient (Wildman–Crippen LogP) is 17.1. The first-order valence-corrected chi connectivity index (χ1v) is 20.9. The minimum absolute atomic E-state index is 1.21. The zero-order valence-electron chi connectivity index (χ0n) is 32.8. The van der Waals surface area contributed by atoms with E-state index in [1.165, 1.54) is 130 Å². The first-order chi connectivity index (χ1) is 29.7. The van der Waals surface area contributed by atoms with Gasteiger partial charge in [-0.2, -0.15) is 0 Å². The van der Waals surface area contributed by atoms with Crippen LogP contribution in [0.1, 0.15) is 0 Å². The smallest absolute Gasteiger partial charge is 0.00199 e. The van der Waals surface area contributed by atoms with Gasteiger partial charge in [0, 0.05) is 0 Å². The zero-order valence-corrected chi connectivity index (χ0v) is 32.8. The van der Waals surface area contributed by atoms with Crippen LogP contribution in [0.25, 0.3) is 130 Å². The van der Waals surface area contributed by atoms with Crippen molar-refractivity contribution in [2.75, 3.05) is 0 Å². The first kappa shape index (κ1) is 33.2. The van der Waals surface area contributed by atoms with Gasteiger partial charge in [0.25, 0.3) is 0 Å². The molecule has 60 heavy (non-hydrogen) atoms. The molecule has 0 saturated heterocycles. The van der Waals surface area contributed by atoms with Gasteiger partial charge in [-0.25, -0.2) is 0 Å². The standard InChI is InChI=1S/C60H36/c1-2-12-38-31-43(24-23-37(38)11-1)44-25-30-55-58(36-44)60(52-22-10-20-48-50(52)29-27-46-33-40-14-4-6-16-42(40)35-57(46)48)54-18-8-7-17-53(54)59(55)51-21-9-19-47-49(51)28-26-45-32-39-13-3-5-15-41(39)34-56(45)47/h1-36H. The van der Waals surface area contributed by atoms with Crippen molar-refractivity contribution in [3.8, 4) is 33.4 Å². The van der Waals surface area contributed by atoms with E-state index in [0.717, 1.165) is 0 Å². The van der Waals surface area contributed by atoms with E-state index in [9.17, 15) is 0 Å². The van der Waals surface area contributed by atoms with Gasteiger partial charge < -0.3 is 0 Å². The van der Waals surface area contributed by atoms with Crippen molar-refractivity contribution in [1.82, 2.24) is 0 Å². The molecule has 0 nitrogen and oxygen atoms in total. The van der Waals surface area contributed by atoms with Crippen LogP contribution in [-0.4, -0.2) is 0 Å². The molecule has 0 heteroatoms. The Hall–Kier alpha value is -7.80. The number of fused-ring (bicyclic) bond motifs is 11. The Kier molecular flexibility index (Phi) is 7.11. The molecule has 276 valence electrons. The van der Waals surface area contributed by atoms with Crippen LogP contribution >= 0.6 is 0 Å². The van der Waals surface area contributed by atoms with Crippen LogP contribution in [0.3, 0.4) is 0 Å². The van der Waals surface area contributed by atoms with Gasteiger partial charge in [-0.05, 0) is 167 Å². The van der Waals surface area contributed by atoms with Gasteiger partial charge >= 0.3 is 0 Å². The second kappa shape index (κ2) is 12.9. The van der Waals surface area contributed by atoms with Gasteiger partial charge in [0.05, 0.1) is 0 Å². The molecule has 0 aliphatic rings. The molecule has 13 rings (SSSR count). The molecule has 13 aromatic rings. The molecular formula is C60H36. The SMILES string of the molecule is c1ccc2cc(-c3ccc4c(-c5cccc6c5ccc5cc7ccccc7cc56)c5ccccc5c(-c5cccc6c5ccc5cc7ccccc7cc56)c4c3)ccc2c1. The summed E-state index contributed by atoms with van der Waals surface area (Å²) in [6.45, 7) is 0. The highest BCUT2D eigenvalue weighted by Gasteiger charge is 2.21.